The molecule has 1 aromatic carbocycles. The zero-order valence-corrected chi connectivity index (χ0v) is 13.3. The van der Waals surface area contributed by atoms with E-state index in [0.29, 0.717) is 18.8 Å². The number of nitrogens with zero attached hydrogens (tertiary/aromatic N) is 2. The first-order valence-electron chi connectivity index (χ1n) is 7.59. The Kier molecular flexibility index (Phi) is 3.64. The molecule has 1 N–H and O–H groups in total. The summed E-state index contributed by atoms with van der Waals surface area (Å²) < 4.78 is 0. The monoisotopic (exact) mass is 299 g/mol. The predicted octanol–water partition coefficient (Wildman–Crippen LogP) is 2.09. The van der Waals surface area contributed by atoms with E-state index in [4.69, 9.17) is 0 Å². The zero-order chi connectivity index (χ0) is 15.9. The third-order valence-electron chi connectivity index (χ3n) is 4.53. The van der Waals surface area contributed by atoms with E-state index < -0.39 is 0 Å². The highest BCUT2D eigenvalue weighted by molar-refractivity contribution is 6.00. The topological polar surface area (TPSA) is 56.4 Å². The van der Waals surface area contributed by atoms with E-state index in [1.807, 2.05) is 18.2 Å². The lowest BCUT2D eigenvalue weighted by atomic mass is 10.1. The van der Waals surface area contributed by atoms with E-state index in [-0.39, 0.29) is 18.4 Å². The second-order valence-electron chi connectivity index (χ2n) is 6.05. The van der Waals surface area contributed by atoms with Crippen molar-refractivity contribution in [1.29, 1.82) is 0 Å². The van der Waals surface area contributed by atoms with Crippen molar-refractivity contribution in [3.05, 3.63) is 35.0 Å². The van der Waals surface area contributed by atoms with E-state index >= 15 is 0 Å². The molecular weight excluding hydrogens is 278 g/mol. The maximum atomic E-state index is 12.7. The van der Waals surface area contributed by atoms with E-state index in [1.54, 1.807) is 16.8 Å². The summed E-state index contributed by atoms with van der Waals surface area (Å²) in [5.74, 6) is -0.106. The van der Waals surface area contributed by atoms with Crippen LogP contribution in [0.25, 0.3) is 10.9 Å². The molecule has 3 rings (SSSR count). The minimum atomic E-state index is -0.100. The number of nitrogens with one attached hydrogen (secondary N) is 1. The summed E-state index contributed by atoms with van der Waals surface area (Å²) in [6, 6.07) is 5.95. The van der Waals surface area contributed by atoms with Crippen molar-refractivity contribution in [2.24, 2.45) is 0 Å². The average molecular weight is 299 g/mol. The fourth-order valence-corrected chi connectivity index (χ4v) is 2.90. The molecule has 0 unspecified atom stereocenters. The van der Waals surface area contributed by atoms with Crippen molar-refractivity contribution < 1.29 is 9.59 Å². The van der Waals surface area contributed by atoms with Crippen LogP contribution in [0, 0.1) is 13.8 Å². The summed E-state index contributed by atoms with van der Waals surface area (Å²) >= 11 is 0. The van der Waals surface area contributed by atoms with Crippen molar-refractivity contribution >= 4 is 22.7 Å². The van der Waals surface area contributed by atoms with E-state index in [9.17, 15) is 9.59 Å². The Morgan fingerprint density at radius 3 is 2.77 bits per heavy atom. The average Bonchev–Trinajstić information content (AvgIpc) is 2.86. The first-order chi connectivity index (χ1) is 10.5. The molecule has 5 heteroatoms. The van der Waals surface area contributed by atoms with Gasteiger partial charge >= 0.3 is 0 Å². The van der Waals surface area contributed by atoms with E-state index in [2.05, 4.69) is 18.8 Å². The Morgan fingerprint density at radius 1 is 1.23 bits per heavy atom. The Labute approximate surface area is 129 Å². The van der Waals surface area contributed by atoms with Gasteiger partial charge in [0.2, 0.25) is 5.91 Å². The summed E-state index contributed by atoms with van der Waals surface area (Å²) in [5.41, 5.74) is 3.90. The SMILES string of the molecule is Cc1ccc2[nH]c(C(=O)N3CCCN(C)C(=O)C3)cc2c1C. The number of fused-ring (bicyclic) bond motifs is 1. The number of amides is 2. The van der Waals surface area contributed by atoms with Crippen LogP contribution in [0.1, 0.15) is 28.0 Å². The van der Waals surface area contributed by atoms with Gasteiger partial charge in [-0.3, -0.25) is 9.59 Å². The fraction of sp³-hybridized carbons (Fsp3) is 0.412. The highest BCUT2D eigenvalue weighted by Crippen LogP contribution is 2.23. The normalized spacial score (nSPS) is 16.2. The van der Waals surface area contributed by atoms with E-state index in [1.165, 1.54) is 11.1 Å². The molecule has 1 fully saturated rings. The Balaban J connectivity index is 1.92. The summed E-state index contributed by atoms with van der Waals surface area (Å²) in [7, 11) is 1.78. The number of hydrogen-bond acceptors (Lipinski definition) is 2. The van der Waals surface area contributed by atoms with Gasteiger partial charge in [-0.05, 0) is 43.5 Å². The molecule has 116 valence electrons. The molecule has 0 bridgehead atoms. The summed E-state index contributed by atoms with van der Waals surface area (Å²) in [5, 5.41) is 1.07. The Hall–Kier alpha value is -2.30. The molecule has 0 saturated carbocycles. The molecule has 1 aliphatic rings. The second-order valence-corrected chi connectivity index (χ2v) is 6.05. The van der Waals surface area contributed by atoms with Crippen LogP contribution in [0.4, 0.5) is 0 Å². The first-order valence-corrected chi connectivity index (χ1v) is 7.59. The van der Waals surface area contributed by atoms with Gasteiger partial charge in [-0.15, -0.1) is 0 Å². The number of carbonyl (C=O) groups is 2. The van der Waals surface area contributed by atoms with Crippen LogP contribution in [0.15, 0.2) is 18.2 Å². The molecule has 2 heterocycles. The van der Waals surface area contributed by atoms with Crippen LogP contribution in [0.5, 0.6) is 0 Å². The maximum absolute atomic E-state index is 12.7. The van der Waals surface area contributed by atoms with Crippen molar-refractivity contribution in [2.75, 3.05) is 26.7 Å². The lowest BCUT2D eigenvalue weighted by Gasteiger charge is -2.18. The van der Waals surface area contributed by atoms with Gasteiger partial charge in [0.1, 0.15) is 12.2 Å². The van der Waals surface area contributed by atoms with Crippen molar-refractivity contribution in [1.82, 2.24) is 14.8 Å². The van der Waals surface area contributed by atoms with Crippen LogP contribution < -0.4 is 0 Å². The number of hydrogen-bond donors (Lipinski definition) is 1. The van der Waals surface area contributed by atoms with E-state index in [0.717, 1.165) is 17.3 Å². The molecule has 2 aromatic rings. The van der Waals surface area contributed by atoms with Gasteiger partial charge in [0.25, 0.3) is 5.91 Å². The van der Waals surface area contributed by atoms with Crippen LogP contribution in [-0.4, -0.2) is 53.3 Å². The van der Waals surface area contributed by atoms with Gasteiger partial charge in [-0.1, -0.05) is 6.07 Å². The Bertz CT molecular complexity index is 748. The predicted molar refractivity (Wildman–Crippen MR) is 85.9 cm³/mol. The molecule has 2 amide bonds. The number of carbonyl (C=O) groups excluding carboxylic acids is 2. The molecule has 22 heavy (non-hydrogen) atoms. The molecule has 0 spiro atoms. The summed E-state index contributed by atoms with van der Waals surface area (Å²) in [6.45, 7) is 5.59. The van der Waals surface area contributed by atoms with Crippen molar-refractivity contribution in [2.45, 2.75) is 20.3 Å². The summed E-state index contributed by atoms with van der Waals surface area (Å²) in [6.07, 6.45) is 0.812. The number of aromatic nitrogens is 1. The second kappa shape index (κ2) is 5.48. The van der Waals surface area contributed by atoms with Crippen LogP contribution in [-0.2, 0) is 4.79 Å². The summed E-state index contributed by atoms with van der Waals surface area (Å²) in [4.78, 5) is 31.2. The standard InChI is InChI=1S/C17H21N3O2/c1-11-5-6-14-13(12(11)2)9-15(18-14)17(22)20-8-4-7-19(3)16(21)10-20/h5-6,9,18H,4,7-8,10H2,1-3H3. The lowest BCUT2D eigenvalue weighted by molar-refractivity contribution is -0.129. The minimum absolute atomic E-state index is 0.00557. The zero-order valence-electron chi connectivity index (χ0n) is 13.3. The smallest absolute Gasteiger partial charge is 0.270 e. The highest BCUT2D eigenvalue weighted by atomic mass is 16.2. The third-order valence-corrected chi connectivity index (χ3v) is 4.53. The highest BCUT2D eigenvalue weighted by Gasteiger charge is 2.24. The molecular formula is C17H21N3O2. The third kappa shape index (κ3) is 2.47. The lowest BCUT2D eigenvalue weighted by Crippen LogP contribution is -2.38. The number of rotatable bonds is 1. The molecule has 1 saturated heterocycles. The van der Waals surface area contributed by atoms with Gasteiger partial charge in [0.15, 0.2) is 0 Å². The van der Waals surface area contributed by atoms with Crippen LogP contribution in [0.3, 0.4) is 0 Å². The first kappa shape index (κ1) is 14.6. The fourth-order valence-electron chi connectivity index (χ4n) is 2.90. The Morgan fingerprint density at radius 2 is 2.00 bits per heavy atom. The minimum Gasteiger partial charge on any atom is -0.351 e. The van der Waals surface area contributed by atoms with Crippen molar-refractivity contribution in [3.63, 3.8) is 0 Å². The molecule has 1 aromatic heterocycles. The molecule has 5 nitrogen and oxygen atoms in total. The number of aromatic amines is 1. The maximum Gasteiger partial charge on any atom is 0.270 e. The van der Waals surface area contributed by atoms with Crippen LogP contribution >= 0.6 is 0 Å². The van der Waals surface area contributed by atoms with Gasteiger partial charge in [0.05, 0.1) is 0 Å². The largest absolute Gasteiger partial charge is 0.351 e. The van der Waals surface area contributed by atoms with Gasteiger partial charge in [-0.2, -0.15) is 0 Å². The van der Waals surface area contributed by atoms with Crippen LogP contribution in [0.2, 0.25) is 0 Å². The molecule has 0 atom stereocenters. The van der Waals surface area contributed by atoms with Gasteiger partial charge in [-0.25, -0.2) is 0 Å². The van der Waals surface area contributed by atoms with Gasteiger partial charge in [0, 0.05) is 31.0 Å². The number of aryl methyl sites for hydroxylation is 2. The number of benzene rings is 1. The number of likely N-dealkylation sites (N-methyl/N-ethyl adjacent to an activating group) is 1. The number of H-pyrrole nitrogens is 1. The van der Waals surface area contributed by atoms with Gasteiger partial charge < -0.3 is 14.8 Å². The van der Waals surface area contributed by atoms with Crippen molar-refractivity contribution in [3.8, 4) is 0 Å². The molecule has 1 aliphatic heterocycles. The molecule has 0 aliphatic carbocycles. The molecule has 0 radical (unpaired) electrons. The quantitative estimate of drug-likeness (QED) is 0.876.